The predicted molar refractivity (Wildman–Crippen MR) is 35.3 cm³/mol. The van der Waals surface area contributed by atoms with Crippen LogP contribution in [-0.4, -0.2) is 18.5 Å². The molecule has 1 rings (SSSR count). The summed E-state index contributed by atoms with van der Waals surface area (Å²) in [5, 5.41) is 3.75. The Morgan fingerprint density at radius 1 is 1.70 bits per heavy atom. The quantitative estimate of drug-likeness (QED) is 0.481. The molecule has 0 bridgehead atoms. The molecule has 10 heavy (non-hydrogen) atoms. The van der Waals surface area contributed by atoms with Gasteiger partial charge in [-0.2, -0.15) is 0 Å². The molecular formula is C6H7N2O2. The first-order valence-electron chi connectivity index (χ1n) is 2.84. The van der Waals surface area contributed by atoms with Crippen molar-refractivity contribution in [1.82, 2.24) is 5.32 Å². The first-order chi connectivity index (χ1) is 4.79. The molecule has 0 amide bonds. The predicted octanol–water partition coefficient (Wildman–Crippen LogP) is 0.0356. The molecule has 0 spiro atoms. The Morgan fingerprint density at radius 2 is 2.50 bits per heavy atom. The third kappa shape index (κ3) is 1.89. The lowest BCUT2D eigenvalue weighted by molar-refractivity contribution is -0.147. The fraction of sp³-hybridized carbons (Fsp3) is 0.333. The minimum absolute atomic E-state index is 0.374. The zero-order valence-electron chi connectivity index (χ0n) is 5.52. The summed E-state index contributed by atoms with van der Waals surface area (Å²) in [4.78, 5) is 14.1. The topological polar surface area (TPSA) is 52.8 Å². The summed E-state index contributed by atoms with van der Waals surface area (Å²) in [6.45, 7) is 1.32. The van der Waals surface area contributed by atoms with Crippen LogP contribution in [0, 0.1) is 0 Å². The Hall–Kier alpha value is -1.32. The van der Waals surface area contributed by atoms with Gasteiger partial charge >= 0.3 is 5.97 Å². The molecule has 53 valence electrons. The van der Waals surface area contributed by atoms with Gasteiger partial charge in [-0.05, 0) is 6.08 Å². The van der Waals surface area contributed by atoms with E-state index in [0.717, 1.165) is 0 Å². The minimum Gasteiger partial charge on any atom is -0.419 e. The molecule has 0 aromatic carbocycles. The van der Waals surface area contributed by atoms with Crippen molar-refractivity contribution in [2.75, 3.05) is 0 Å². The summed E-state index contributed by atoms with van der Waals surface area (Å²) < 4.78 is 4.64. The molecule has 4 nitrogen and oxygen atoms in total. The molecule has 1 aliphatic heterocycles. The number of carbonyl (C=O) groups excluding carboxylic acids is 1. The van der Waals surface area contributed by atoms with Crippen LogP contribution < -0.4 is 5.32 Å². The summed E-state index contributed by atoms with van der Waals surface area (Å²) >= 11 is 0. The average Bonchev–Trinajstić information content (AvgIpc) is 1.88. The molecule has 0 aliphatic carbocycles. The van der Waals surface area contributed by atoms with Crippen molar-refractivity contribution < 1.29 is 9.53 Å². The molecule has 0 N–H and O–H groups in total. The van der Waals surface area contributed by atoms with Crippen LogP contribution in [0.15, 0.2) is 17.3 Å². The third-order valence-corrected chi connectivity index (χ3v) is 0.871. The number of hydrogen-bond donors (Lipinski definition) is 0. The van der Waals surface area contributed by atoms with Crippen molar-refractivity contribution in [1.29, 1.82) is 0 Å². The summed E-state index contributed by atoms with van der Waals surface area (Å²) in [5.74, 6) is -0.374. The lowest BCUT2D eigenvalue weighted by atomic mass is 10.6. The van der Waals surface area contributed by atoms with Crippen LogP contribution in [0.4, 0.5) is 0 Å². The molecule has 0 fully saturated rings. The molecule has 1 aliphatic rings. The Balaban J connectivity index is 2.37. The molecular weight excluding hydrogens is 132 g/mol. The average molecular weight is 139 g/mol. The summed E-state index contributed by atoms with van der Waals surface area (Å²) in [5.41, 5.74) is 0. The van der Waals surface area contributed by atoms with E-state index in [1.165, 1.54) is 6.92 Å². The Morgan fingerprint density at radius 3 is 3.00 bits per heavy atom. The largest absolute Gasteiger partial charge is 0.419 e. The van der Waals surface area contributed by atoms with Gasteiger partial charge in [-0.1, -0.05) is 0 Å². The number of rotatable bonds is 1. The van der Waals surface area contributed by atoms with Gasteiger partial charge in [0, 0.05) is 19.3 Å². The zero-order valence-corrected chi connectivity index (χ0v) is 5.52. The van der Waals surface area contributed by atoms with Crippen molar-refractivity contribution in [3.05, 3.63) is 12.3 Å². The second kappa shape index (κ2) is 3.00. The van der Waals surface area contributed by atoms with Crippen LogP contribution in [0.25, 0.3) is 0 Å². The van der Waals surface area contributed by atoms with Crippen molar-refractivity contribution in [3.8, 4) is 0 Å². The molecule has 0 saturated carbocycles. The van der Waals surface area contributed by atoms with Crippen molar-refractivity contribution >= 4 is 12.2 Å². The number of nitrogens with zero attached hydrogens (tertiary/aromatic N) is 2. The van der Waals surface area contributed by atoms with Gasteiger partial charge < -0.3 is 4.74 Å². The van der Waals surface area contributed by atoms with E-state index in [-0.39, 0.29) is 5.97 Å². The molecule has 1 unspecified atom stereocenters. The van der Waals surface area contributed by atoms with Crippen LogP contribution in [-0.2, 0) is 9.53 Å². The SMILES string of the molecule is CC(=O)OC1[N]C=CC=N1. The highest BCUT2D eigenvalue weighted by molar-refractivity contribution is 5.72. The van der Waals surface area contributed by atoms with E-state index in [2.05, 4.69) is 15.0 Å². The van der Waals surface area contributed by atoms with Gasteiger partial charge in [-0.25, -0.2) is 10.3 Å². The normalized spacial score (nSPS) is 21.9. The maximum absolute atomic E-state index is 10.3. The Bertz CT molecular complexity index is 186. The van der Waals surface area contributed by atoms with E-state index >= 15 is 0 Å². The number of ether oxygens (including phenoxy) is 1. The van der Waals surface area contributed by atoms with Crippen LogP contribution in [0.3, 0.4) is 0 Å². The van der Waals surface area contributed by atoms with Gasteiger partial charge in [-0.3, -0.25) is 4.79 Å². The fourth-order valence-corrected chi connectivity index (χ4v) is 0.533. The Kier molecular flexibility index (Phi) is 2.04. The van der Waals surface area contributed by atoms with Gasteiger partial charge in [-0.15, -0.1) is 0 Å². The van der Waals surface area contributed by atoms with Crippen molar-refractivity contribution in [3.63, 3.8) is 0 Å². The summed E-state index contributed by atoms with van der Waals surface area (Å²) in [6.07, 6.45) is 4.09. The van der Waals surface area contributed by atoms with Crippen LogP contribution >= 0.6 is 0 Å². The standard InChI is InChI=1S/C6H7N2O2/c1-5(9)10-6-7-3-2-4-8-6/h2-4,6H,1H3. The van der Waals surface area contributed by atoms with E-state index in [4.69, 9.17) is 0 Å². The molecule has 0 aromatic heterocycles. The molecule has 1 atom stereocenters. The van der Waals surface area contributed by atoms with Crippen LogP contribution in [0.1, 0.15) is 6.92 Å². The smallest absolute Gasteiger partial charge is 0.306 e. The number of allylic oxidation sites excluding steroid dienone is 1. The van der Waals surface area contributed by atoms with Crippen LogP contribution in [0.2, 0.25) is 0 Å². The first kappa shape index (κ1) is 6.80. The summed E-state index contributed by atoms with van der Waals surface area (Å²) in [6, 6.07) is 0. The van der Waals surface area contributed by atoms with E-state index in [1.807, 2.05) is 0 Å². The van der Waals surface area contributed by atoms with E-state index in [1.54, 1.807) is 18.5 Å². The van der Waals surface area contributed by atoms with Gasteiger partial charge in [0.15, 0.2) is 0 Å². The number of esters is 1. The van der Waals surface area contributed by atoms with E-state index in [0.29, 0.717) is 0 Å². The Labute approximate surface area is 58.6 Å². The number of hydrogen-bond acceptors (Lipinski definition) is 3. The molecule has 0 saturated heterocycles. The van der Waals surface area contributed by atoms with Gasteiger partial charge in [0.2, 0.25) is 0 Å². The van der Waals surface area contributed by atoms with Gasteiger partial charge in [0.25, 0.3) is 6.35 Å². The number of carbonyl (C=O) groups is 1. The lowest BCUT2D eigenvalue weighted by Gasteiger charge is -2.10. The lowest BCUT2D eigenvalue weighted by Crippen LogP contribution is -2.23. The van der Waals surface area contributed by atoms with Gasteiger partial charge in [0.05, 0.1) is 0 Å². The molecule has 4 heteroatoms. The van der Waals surface area contributed by atoms with Gasteiger partial charge in [0.1, 0.15) is 0 Å². The minimum atomic E-state index is -0.664. The molecule has 1 radical (unpaired) electrons. The number of aliphatic imine (C=N–C) groups is 1. The maximum Gasteiger partial charge on any atom is 0.306 e. The second-order valence-corrected chi connectivity index (χ2v) is 1.72. The fourth-order valence-electron chi connectivity index (χ4n) is 0.533. The summed E-state index contributed by atoms with van der Waals surface area (Å²) in [7, 11) is 0. The highest BCUT2D eigenvalue weighted by atomic mass is 16.6. The zero-order chi connectivity index (χ0) is 7.40. The van der Waals surface area contributed by atoms with Crippen LogP contribution in [0.5, 0.6) is 0 Å². The molecule has 1 heterocycles. The first-order valence-corrected chi connectivity index (χ1v) is 2.84. The third-order valence-electron chi connectivity index (χ3n) is 0.871. The highest BCUT2D eigenvalue weighted by Gasteiger charge is 2.08. The second-order valence-electron chi connectivity index (χ2n) is 1.72. The van der Waals surface area contributed by atoms with E-state index < -0.39 is 6.35 Å². The van der Waals surface area contributed by atoms with Crippen molar-refractivity contribution in [2.45, 2.75) is 13.3 Å². The maximum atomic E-state index is 10.3. The monoisotopic (exact) mass is 139 g/mol. The molecule has 0 aromatic rings. The van der Waals surface area contributed by atoms with E-state index in [9.17, 15) is 4.79 Å². The highest BCUT2D eigenvalue weighted by Crippen LogP contribution is 1.95. The van der Waals surface area contributed by atoms with Crippen molar-refractivity contribution in [2.24, 2.45) is 4.99 Å².